The summed E-state index contributed by atoms with van der Waals surface area (Å²) in [5.74, 6) is -0.427. The minimum absolute atomic E-state index is 0.0323. The number of hydrogen-bond donors (Lipinski definition) is 2. The van der Waals surface area contributed by atoms with Gasteiger partial charge in [0.15, 0.2) is 5.78 Å². The van der Waals surface area contributed by atoms with Gasteiger partial charge in [0.05, 0.1) is 30.1 Å². The molecule has 1 aromatic carbocycles. The van der Waals surface area contributed by atoms with Crippen molar-refractivity contribution in [2.75, 3.05) is 25.4 Å². The second kappa shape index (κ2) is 7.40. The molecule has 128 valence electrons. The summed E-state index contributed by atoms with van der Waals surface area (Å²) in [6.07, 6.45) is 1.29. The van der Waals surface area contributed by atoms with Gasteiger partial charge in [0.2, 0.25) is 5.78 Å². The SMILES string of the molecule is CCN(CCO)C1=CC(=O)C(=Nc2cc(C)c(N)cc2C)CC1=O. The highest BCUT2D eigenvalue weighted by atomic mass is 16.3. The van der Waals surface area contributed by atoms with Crippen molar-refractivity contribution < 1.29 is 14.7 Å². The normalized spacial score (nSPS) is 16.5. The van der Waals surface area contributed by atoms with Crippen LogP contribution >= 0.6 is 0 Å². The van der Waals surface area contributed by atoms with Crippen molar-refractivity contribution in [2.45, 2.75) is 27.2 Å². The van der Waals surface area contributed by atoms with E-state index in [-0.39, 0.29) is 30.3 Å². The van der Waals surface area contributed by atoms with Gasteiger partial charge >= 0.3 is 0 Å². The lowest BCUT2D eigenvalue weighted by Gasteiger charge is -2.26. The number of benzene rings is 1. The van der Waals surface area contributed by atoms with Crippen LogP contribution in [0.3, 0.4) is 0 Å². The fraction of sp³-hybridized carbons (Fsp3) is 0.389. The lowest BCUT2D eigenvalue weighted by Crippen LogP contribution is -2.35. The first kappa shape index (κ1) is 17.9. The van der Waals surface area contributed by atoms with E-state index in [1.165, 1.54) is 6.08 Å². The van der Waals surface area contributed by atoms with Crippen molar-refractivity contribution in [3.05, 3.63) is 35.0 Å². The first-order chi connectivity index (χ1) is 11.4. The highest BCUT2D eigenvalue weighted by Gasteiger charge is 2.27. The topological polar surface area (TPSA) is 96.0 Å². The zero-order chi connectivity index (χ0) is 17.9. The van der Waals surface area contributed by atoms with Crippen molar-refractivity contribution in [3.8, 4) is 0 Å². The van der Waals surface area contributed by atoms with Crippen LogP contribution < -0.4 is 5.73 Å². The fourth-order valence-electron chi connectivity index (χ4n) is 2.64. The Hall–Kier alpha value is -2.47. The average Bonchev–Trinajstić information content (AvgIpc) is 2.53. The van der Waals surface area contributed by atoms with Crippen LogP contribution in [0, 0.1) is 13.8 Å². The number of aryl methyl sites for hydroxylation is 2. The zero-order valence-electron chi connectivity index (χ0n) is 14.3. The molecule has 0 saturated carbocycles. The van der Waals surface area contributed by atoms with Crippen molar-refractivity contribution in [1.29, 1.82) is 0 Å². The van der Waals surface area contributed by atoms with Gasteiger partial charge in [-0.05, 0) is 44.0 Å². The Morgan fingerprint density at radius 1 is 1.25 bits per heavy atom. The number of aliphatic hydroxyl groups is 1. The van der Waals surface area contributed by atoms with E-state index in [0.717, 1.165) is 11.1 Å². The summed E-state index contributed by atoms with van der Waals surface area (Å²) in [4.78, 5) is 30.8. The summed E-state index contributed by atoms with van der Waals surface area (Å²) >= 11 is 0. The van der Waals surface area contributed by atoms with Gasteiger partial charge in [-0.2, -0.15) is 0 Å². The van der Waals surface area contributed by atoms with E-state index in [1.807, 2.05) is 32.9 Å². The molecule has 0 fully saturated rings. The number of hydrogen-bond acceptors (Lipinski definition) is 6. The Kier molecular flexibility index (Phi) is 5.51. The van der Waals surface area contributed by atoms with Crippen molar-refractivity contribution in [3.63, 3.8) is 0 Å². The number of carbonyl (C=O) groups is 2. The molecular formula is C18H23N3O3. The minimum Gasteiger partial charge on any atom is -0.399 e. The van der Waals surface area contributed by atoms with Crippen LogP contribution in [0.4, 0.5) is 11.4 Å². The molecule has 0 aromatic heterocycles. The third-order valence-electron chi connectivity index (χ3n) is 4.10. The van der Waals surface area contributed by atoms with Gasteiger partial charge < -0.3 is 15.7 Å². The van der Waals surface area contributed by atoms with Crippen LogP contribution in [0.5, 0.6) is 0 Å². The van der Waals surface area contributed by atoms with Gasteiger partial charge in [-0.15, -0.1) is 0 Å². The van der Waals surface area contributed by atoms with E-state index in [4.69, 9.17) is 10.8 Å². The van der Waals surface area contributed by atoms with Gasteiger partial charge in [0.25, 0.3) is 0 Å². The van der Waals surface area contributed by atoms with Crippen molar-refractivity contribution >= 4 is 28.7 Å². The molecule has 0 atom stereocenters. The predicted molar refractivity (Wildman–Crippen MR) is 94.5 cm³/mol. The number of nitrogens with two attached hydrogens (primary N) is 1. The van der Waals surface area contributed by atoms with Gasteiger partial charge in [-0.3, -0.25) is 9.59 Å². The summed E-state index contributed by atoms with van der Waals surface area (Å²) in [6, 6.07) is 3.63. The molecular weight excluding hydrogens is 306 g/mol. The predicted octanol–water partition coefficient (Wildman–Crippen LogP) is 1.70. The molecule has 3 N–H and O–H groups in total. The number of nitrogen functional groups attached to an aromatic ring is 1. The molecule has 1 aliphatic carbocycles. The highest BCUT2D eigenvalue weighted by Crippen LogP contribution is 2.26. The Bertz CT molecular complexity index is 735. The van der Waals surface area contributed by atoms with E-state index < -0.39 is 0 Å². The number of carbonyl (C=O) groups excluding carboxylic acids is 2. The summed E-state index contributed by atoms with van der Waals surface area (Å²) in [6.45, 7) is 6.41. The smallest absolute Gasteiger partial charge is 0.202 e. The van der Waals surface area contributed by atoms with Gasteiger partial charge in [-0.1, -0.05) is 0 Å². The molecule has 24 heavy (non-hydrogen) atoms. The summed E-state index contributed by atoms with van der Waals surface area (Å²) in [7, 11) is 0. The Morgan fingerprint density at radius 3 is 2.58 bits per heavy atom. The third kappa shape index (κ3) is 3.71. The Morgan fingerprint density at radius 2 is 1.96 bits per heavy atom. The zero-order valence-corrected chi connectivity index (χ0v) is 14.3. The molecule has 6 nitrogen and oxygen atoms in total. The molecule has 0 radical (unpaired) electrons. The average molecular weight is 329 g/mol. The number of Topliss-reactive ketones (excluding diaryl/α,β-unsaturated/α-hetero) is 1. The molecule has 0 amide bonds. The molecule has 2 rings (SSSR count). The molecule has 1 aliphatic rings. The maximum atomic E-state index is 12.4. The quantitative estimate of drug-likeness (QED) is 0.802. The van der Waals surface area contributed by atoms with E-state index >= 15 is 0 Å². The molecule has 0 aliphatic heterocycles. The number of aliphatic hydroxyl groups excluding tert-OH is 1. The van der Waals surface area contributed by atoms with Crippen molar-refractivity contribution in [2.24, 2.45) is 4.99 Å². The highest BCUT2D eigenvalue weighted by molar-refractivity contribution is 6.50. The van der Waals surface area contributed by atoms with Crippen LogP contribution in [0.25, 0.3) is 0 Å². The second-order valence-corrected chi connectivity index (χ2v) is 5.85. The first-order valence-corrected chi connectivity index (χ1v) is 7.96. The number of aliphatic imine (C=N–C) groups is 1. The third-order valence-corrected chi connectivity index (χ3v) is 4.10. The van der Waals surface area contributed by atoms with Crippen LogP contribution in [-0.2, 0) is 9.59 Å². The molecule has 0 bridgehead atoms. The van der Waals surface area contributed by atoms with E-state index in [0.29, 0.717) is 30.2 Å². The number of nitrogens with zero attached hydrogens (tertiary/aromatic N) is 2. The second-order valence-electron chi connectivity index (χ2n) is 5.85. The largest absolute Gasteiger partial charge is 0.399 e. The van der Waals surface area contributed by atoms with Crippen LogP contribution in [0.2, 0.25) is 0 Å². The molecule has 0 spiro atoms. The maximum absolute atomic E-state index is 12.4. The van der Waals surface area contributed by atoms with E-state index in [2.05, 4.69) is 4.99 Å². The Labute approximate surface area is 141 Å². The lowest BCUT2D eigenvalue weighted by atomic mass is 9.98. The summed E-state index contributed by atoms with van der Waals surface area (Å²) < 4.78 is 0. The molecule has 6 heteroatoms. The van der Waals surface area contributed by atoms with E-state index in [9.17, 15) is 9.59 Å². The lowest BCUT2D eigenvalue weighted by molar-refractivity contribution is -0.118. The molecule has 0 saturated heterocycles. The summed E-state index contributed by atoms with van der Waals surface area (Å²) in [5, 5.41) is 9.08. The van der Waals surface area contributed by atoms with Crippen LogP contribution in [-0.4, -0.2) is 47.0 Å². The maximum Gasteiger partial charge on any atom is 0.202 e. The fourth-order valence-corrected chi connectivity index (χ4v) is 2.64. The minimum atomic E-state index is -0.269. The molecule has 0 unspecified atom stereocenters. The number of likely N-dealkylation sites (N-methyl/N-ethyl adjacent to an activating group) is 1. The van der Waals surface area contributed by atoms with Crippen LogP contribution in [0.1, 0.15) is 24.5 Å². The Balaban J connectivity index is 2.36. The van der Waals surface area contributed by atoms with Gasteiger partial charge in [-0.25, -0.2) is 4.99 Å². The monoisotopic (exact) mass is 329 g/mol. The van der Waals surface area contributed by atoms with E-state index in [1.54, 1.807) is 4.90 Å². The van der Waals surface area contributed by atoms with Gasteiger partial charge in [0.1, 0.15) is 0 Å². The number of anilines is 1. The number of rotatable bonds is 5. The van der Waals surface area contributed by atoms with Crippen LogP contribution in [0.15, 0.2) is 28.9 Å². The first-order valence-electron chi connectivity index (χ1n) is 7.96. The number of ketones is 2. The standard InChI is InChI=1S/C18H23N3O3/c1-4-21(5-6-22)16-10-17(23)15(9-18(16)24)20-14-8-11(2)13(19)7-12(14)3/h7-8,10,22H,4-6,9,19H2,1-3H3. The van der Waals surface area contributed by atoms with Crippen molar-refractivity contribution in [1.82, 2.24) is 4.90 Å². The van der Waals surface area contributed by atoms with Gasteiger partial charge in [0, 0.05) is 24.9 Å². The molecule has 0 heterocycles. The summed E-state index contributed by atoms with van der Waals surface area (Å²) in [5.41, 5.74) is 9.50. The number of allylic oxidation sites excluding steroid dienone is 2. The molecule has 1 aromatic rings.